The number of sulfone groups is 1. The molecule has 0 spiro atoms. The fraction of sp³-hybridized carbons (Fsp3) is 0.294. The fourth-order valence-electron chi connectivity index (χ4n) is 3.22. The maximum absolute atomic E-state index is 12.8. The molecular formula is C17H19NO2S. The van der Waals surface area contributed by atoms with Crippen molar-refractivity contribution in [2.24, 2.45) is 0 Å². The van der Waals surface area contributed by atoms with Gasteiger partial charge >= 0.3 is 0 Å². The van der Waals surface area contributed by atoms with Crippen molar-refractivity contribution in [2.75, 3.05) is 14.1 Å². The highest BCUT2D eigenvalue weighted by molar-refractivity contribution is 7.93. The molecule has 21 heavy (non-hydrogen) atoms. The molecule has 1 fully saturated rings. The summed E-state index contributed by atoms with van der Waals surface area (Å²) in [7, 11) is 0.694. The first kappa shape index (κ1) is 14.3. The van der Waals surface area contributed by atoms with E-state index < -0.39 is 20.3 Å². The van der Waals surface area contributed by atoms with Gasteiger partial charge in [0.25, 0.3) is 0 Å². The lowest BCUT2D eigenvalue weighted by molar-refractivity contribution is 0.241. The highest BCUT2D eigenvalue weighted by atomic mass is 32.2. The summed E-state index contributed by atoms with van der Waals surface area (Å²) in [6, 6.07) is 19.0. The molecule has 1 unspecified atom stereocenters. The number of hydrogen-bond acceptors (Lipinski definition) is 3. The first-order valence-corrected chi connectivity index (χ1v) is 8.63. The van der Waals surface area contributed by atoms with Crippen molar-refractivity contribution >= 4 is 9.84 Å². The summed E-state index contributed by atoms with van der Waals surface area (Å²) >= 11 is 0. The molecule has 2 aromatic rings. The smallest absolute Gasteiger partial charge is 0.167 e. The molecule has 4 heteroatoms. The van der Waals surface area contributed by atoms with Gasteiger partial charge in [-0.15, -0.1) is 0 Å². The molecule has 1 saturated heterocycles. The van der Waals surface area contributed by atoms with Crippen LogP contribution in [0.4, 0.5) is 0 Å². The molecule has 1 aliphatic rings. The van der Waals surface area contributed by atoms with Gasteiger partial charge < -0.3 is 4.90 Å². The maximum Gasteiger partial charge on any atom is 0.167 e. The molecule has 3 nitrogen and oxygen atoms in total. The van der Waals surface area contributed by atoms with Crippen LogP contribution in [0.1, 0.15) is 21.6 Å². The zero-order valence-corrected chi connectivity index (χ0v) is 13.0. The van der Waals surface area contributed by atoms with E-state index in [9.17, 15) is 8.42 Å². The Hall–Kier alpha value is -1.65. The predicted octanol–water partition coefficient (Wildman–Crippen LogP) is 2.83. The lowest BCUT2D eigenvalue weighted by Crippen LogP contribution is -2.54. The van der Waals surface area contributed by atoms with Crippen molar-refractivity contribution in [3.05, 3.63) is 71.8 Å². The Labute approximate surface area is 126 Å². The summed E-state index contributed by atoms with van der Waals surface area (Å²) in [5.41, 5.74) is 1.76. The maximum atomic E-state index is 12.8. The summed E-state index contributed by atoms with van der Waals surface area (Å²) < 4.78 is 25.7. The Morgan fingerprint density at radius 2 is 1.14 bits per heavy atom. The molecule has 0 bridgehead atoms. The Kier molecular flexibility index (Phi) is 3.59. The SMILES string of the molecule is CN(C)C1[C@@H](c2ccccc2)S(=O)(=O)[C@H]1c1ccccc1. The normalized spacial score (nSPS) is 27.3. The van der Waals surface area contributed by atoms with Crippen molar-refractivity contribution in [3.63, 3.8) is 0 Å². The highest BCUT2D eigenvalue weighted by Gasteiger charge is 2.57. The third-order valence-corrected chi connectivity index (χ3v) is 6.70. The van der Waals surface area contributed by atoms with E-state index in [0.717, 1.165) is 11.1 Å². The number of benzene rings is 2. The molecule has 0 N–H and O–H groups in total. The van der Waals surface area contributed by atoms with Crippen LogP contribution in [-0.4, -0.2) is 33.5 Å². The van der Waals surface area contributed by atoms with Gasteiger partial charge in [-0.1, -0.05) is 60.7 Å². The quantitative estimate of drug-likeness (QED) is 0.875. The Bertz CT molecular complexity index is 657. The van der Waals surface area contributed by atoms with E-state index in [2.05, 4.69) is 0 Å². The standard InChI is InChI=1S/C17H19NO2S/c1-18(2)15-16(13-9-5-3-6-10-13)21(19,20)17(15)14-11-7-4-8-12-14/h3-12,15-17H,1-2H3/t15?,16-,17+. The largest absolute Gasteiger partial charge is 0.303 e. The second-order valence-corrected chi connectivity index (χ2v) is 7.90. The number of likely N-dealkylation sites (N-methyl/N-ethyl adjacent to an activating group) is 1. The van der Waals surface area contributed by atoms with Crippen LogP contribution in [0, 0.1) is 0 Å². The van der Waals surface area contributed by atoms with Gasteiger partial charge in [0.1, 0.15) is 10.5 Å². The molecule has 3 rings (SSSR count). The second-order valence-electron chi connectivity index (χ2n) is 5.71. The molecule has 0 aliphatic carbocycles. The molecule has 2 aromatic carbocycles. The molecule has 0 radical (unpaired) electrons. The van der Waals surface area contributed by atoms with Crippen molar-refractivity contribution in [1.82, 2.24) is 4.90 Å². The van der Waals surface area contributed by atoms with E-state index >= 15 is 0 Å². The average molecular weight is 301 g/mol. The van der Waals surface area contributed by atoms with Crippen LogP contribution >= 0.6 is 0 Å². The topological polar surface area (TPSA) is 37.4 Å². The van der Waals surface area contributed by atoms with Crippen LogP contribution in [0.5, 0.6) is 0 Å². The average Bonchev–Trinajstić information content (AvgIpc) is 2.47. The number of hydrogen-bond donors (Lipinski definition) is 0. The lowest BCUT2D eigenvalue weighted by Gasteiger charge is -2.47. The van der Waals surface area contributed by atoms with Crippen LogP contribution in [0.15, 0.2) is 60.7 Å². The zero-order chi connectivity index (χ0) is 15.0. The van der Waals surface area contributed by atoms with Gasteiger partial charge in [-0.3, -0.25) is 0 Å². The van der Waals surface area contributed by atoms with Gasteiger partial charge in [0, 0.05) is 0 Å². The molecule has 110 valence electrons. The van der Waals surface area contributed by atoms with Gasteiger partial charge in [-0.05, 0) is 25.2 Å². The second kappa shape index (κ2) is 5.28. The minimum Gasteiger partial charge on any atom is -0.303 e. The van der Waals surface area contributed by atoms with Gasteiger partial charge in [0.05, 0.1) is 6.04 Å². The first-order valence-electron chi connectivity index (χ1n) is 7.02. The summed E-state index contributed by atoms with van der Waals surface area (Å²) in [5, 5.41) is -0.891. The molecule has 1 aliphatic heterocycles. The van der Waals surface area contributed by atoms with E-state index in [0.29, 0.717) is 0 Å². The van der Waals surface area contributed by atoms with E-state index in [1.165, 1.54) is 0 Å². The third kappa shape index (κ3) is 2.28. The zero-order valence-electron chi connectivity index (χ0n) is 12.2. The number of nitrogens with zero attached hydrogens (tertiary/aromatic N) is 1. The van der Waals surface area contributed by atoms with Crippen LogP contribution in [0.3, 0.4) is 0 Å². The molecule has 3 atom stereocenters. The van der Waals surface area contributed by atoms with Crippen LogP contribution in [-0.2, 0) is 9.84 Å². The van der Waals surface area contributed by atoms with Gasteiger partial charge in [0.15, 0.2) is 9.84 Å². The van der Waals surface area contributed by atoms with Gasteiger partial charge in [-0.25, -0.2) is 8.42 Å². The van der Waals surface area contributed by atoms with Crippen LogP contribution < -0.4 is 0 Å². The fourth-order valence-corrected chi connectivity index (χ4v) is 5.91. The molecule has 0 amide bonds. The molecule has 1 heterocycles. The van der Waals surface area contributed by atoms with Gasteiger partial charge in [-0.2, -0.15) is 0 Å². The molecular weight excluding hydrogens is 282 g/mol. The van der Waals surface area contributed by atoms with Crippen molar-refractivity contribution < 1.29 is 8.42 Å². The van der Waals surface area contributed by atoms with E-state index in [4.69, 9.17) is 0 Å². The Morgan fingerprint density at radius 3 is 1.48 bits per heavy atom. The summed E-state index contributed by atoms with van der Waals surface area (Å²) in [6.45, 7) is 0. The highest BCUT2D eigenvalue weighted by Crippen LogP contribution is 2.53. The predicted molar refractivity (Wildman–Crippen MR) is 84.8 cm³/mol. The van der Waals surface area contributed by atoms with Crippen LogP contribution in [0.25, 0.3) is 0 Å². The van der Waals surface area contributed by atoms with E-state index in [-0.39, 0.29) is 6.04 Å². The minimum absolute atomic E-state index is 0.0280. The van der Waals surface area contributed by atoms with E-state index in [1.54, 1.807) is 0 Å². The van der Waals surface area contributed by atoms with Crippen LogP contribution in [0.2, 0.25) is 0 Å². The van der Waals surface area contributed by atoms with Crippen molar-refractivity contribution in [3.8, 4) is 0 Å². The van der Waals surface area contributed by atoms with Gasteiger partial charge in [0.2, 0.25) is 0 Å². The minimum atomic E-state index is -3.21. The molecule has 0 aromatic heterocycles. The lowest BCUT2D eigenvalue weighted by atomic mass is 9.95. The first-order chi connectivity index (χ1) is 10.0. The third-order valence-electron chi connectivity index (χ3n) is 4.18. The number of rotatable bonds is 3. The van der Waals surface area contributed by atoms with Crippen molar-refractivity contribution in [1.29, 1.82) is 0 Å². The van der Waals surface area contributed by atoms with E-state index in [1.807, 2.05) is 79.7 Å². The molecule has 0 saturated carbocycles. The summed E-state index contributed by atoms with van der Waals surface area (Å²) in [4.78, 5) is 2.02. The Morgan fingerprint density at radius 1 is 0.762 bits per heavy atom. The summed E-state index contributed by atoms with van der Waals surface area (Å²) in [5.74, 6) is 0. The summed E-state index contributed by atoms with van der Waals surface area (Å²) in [6.07, 6.45) is 0. The van der Waals surface area contributed by atoms with Crippen molar-refractivity contribution in [2.45, 2.75) is 16.5 Å². The monoisotopic (exact) mass is 301 g/mol. The Balaban J connectivity index is 2.05.